The van der Waals surface area contributed by atoms with Crippen molar-refractivity contribution in [3.63, 3.8) is 0 Å². The molecule has 3 aliphatic heterocycles. The fourth-order valence-corrected chi connectivity index (χ4v) is 3.56. The van der Waals surface area contributed by atoms with Crippen LogP contribution < -0.4 is 10.6 Å². The summed E-state index contributed by atoms with van der Waals surface area (Å²) in [6, 6.07) is 0.726. The molecule has 0 aliphatic carbocycles. The number of hydrogen-bond acceptors (Lipinski definition) is 4. The molecule has 0 spiro atoms. The molecule has 3 rings (SSSR count). The Bertz CT molecular complexity index is 255. The molecule has 3 saturated heterocycles. The highest BCUT2D eigenvalue weighted by molar-refractivity contribution is 4.86. The van der Waals surface area contributed by atoms with Gasteiger partial charge >= 0.3 is 0 Å². The van der Waals surface area contributed by atoms with E-state index in [9.17, 15) is 0 Å². The first-order chi connectivity index (χ1) is 8.92. The van der Waals surface area contributed by atoms with E-state index in [1.807, 2.05) is 0 Å². The van der Waals surface area contributed by atoms with Gasteiger partial charge in [-0.2, -0.15) is 0 Å². The number of ether oxygens (including phenoxy) is 1. The van der Waals surface area contributed by atoms with Crippen LogP contribution in [0.2, 0.25) is 0 Å². The summed E-state index contributed by atoms with van der Waals surface area (Å²) in [4.78, 5) is 2.62. The first-order valence-corrected chi connectivity index (χ1v) is 7.69. The standard InChI is InChI=1S/C14H27N3O/c1-3-12(7-15-5-1)8-16-9-14-10-17-6-2-4-13(17)11-18-14/h12-16H,1-11H2. The van der Waals surface area contributed by atoms with Crippen molar-refractivity contribution in [1.82, 2.24) is 15.5 Å². The molecule has 4 nitrogen and oxygen atoms in total. The molecule has 0 bridgehead atoms. The maximum absolute atomic E-state index is 5.96. The summed E-state index contributed by atoms with van der Waals surface area (Å²) in [6.45, 7) is 7.95. The zero-order valence-corrected chi connectivity index (χ0v) is 11.4. The third-order valence-corrected chi connectivity index (χ3v) is 4.67. The summed E-state index contributed by atoms with van der Waals surface area (Å²) in [6.07, 6.45) is 5.83. The van der Waals surface area contributed by atoms with E-state index in [1.54, 1.807) is 0 Å². The summed E-state index contributed by atoms with van der Waals surface area (Å²) >= 11 is 0. The molecule has 104 valence electrons. The van der Waals surface area contributed by atoms with Crippen molar-refractivity contribution >= 4 is 0 Å². The number of nitrogens with zero attached hydrogens (tertiary/aromatic N) is 1. The van der Waals surface area contributed by atoms with E-state index in [2.05, 4.69) is 15.5 Å². The van der Waals surface area contributed by atoms with E-state index in [1.165, 1.54) is 45.3 Å². The Balaban J connectivity index is 1.33. The normalized spacial score (nSPS) is 37.7. The van der Waals surface area contributed by atoms with Crippen LogP contribution in [0.25, 0.3) is 0 Å². The van der Waals surface area contributed by atoms with Gasteiger partial charge in [0, 0.05) is 19.1 Å². The Morgan fingerprint density at radius 2 is 2.22 bits per heavy atom. The summed E-state index contributed by atoms with van der Waals surface area (Å²) in [5.74, 6) is 0.821. The van der Waals surface area contributed by atoms with Crippen LogP contribution in [0.1, 0.15) is 25.7 Å². The second-order valence-electron chi connectivity index (χ2n) is 6.12. The lowest BCUT2D eigenvalue weighted by molar-refractivity contribution is -0.0471. The zero-order valence-electron chi connectivity index (χ0n) is 11.4. The number of nitrogens with one attached hydrogen (secondary N) is 2. The van der Waals surface area contributed by atoms with Crippen LogP contribution in [0.15, 0.2) is 0 Å². The van der Waals surface area contributed by atoms with Gasteiger partial charge in [0.05, 0.1) is 12.7 Å². The molecular formula is C14H27N3O. The second kappa shape index (κ2) is 6.33. The zero-order chi connectivity index (χ0) is 12.2. The van der Waals surface area contributed by atoms with E-state index in [0.717, 1.165) is 38.2 Å². The predicted octanol–water partition coefficient (Wildman–Crippen LogP) is 0.439. The fraction of sp³-hybridized carbons (Fsp3) is 1.00. The molecule has 3 unspecified atom stereocenters. The van der Waals surface area contributed by atoms with Crippen LogP contribution in [0.5, 0.6) is 0 Å². The molecule has 18 heavy (non-hydrogen) atoms. The predicted molar refractivity (Wildman–Crippen MR) is 72.8 cm³/mol. The summed E-state index contributed by atoms with van der Waals surface area (Å²) in [5.41, 5.74) is 0. The molecule has 0 radical (unpaired) electrons. The smallest absolute Gasteiger partial charge is 0.0826 e. The van der Waals surface area contributed by atoms with Crippen LogP contribution in [0.3, 0.4) is 0 Å². The summed E-state index contributed by atoms with van der Waals surface area (Å²) in [7, 11) is 0. The van der Waals surface area contributed by atoms with Crippen LogP contribution in [-0.2, 0) is 4.74 Å². The largest absolute Gasteiger partial charge is 0.374 e. The average molecular weight is 253 g/mol. The minimum atomic E-state index is 0.413. The molecule has 0 aromatic carbocycles. The van der Waals surface area contributed by atoms with E-state index in [0.29, 0.717) is 6.10 Å². The first kappa shape index (κ1) is 12.9. The Hall–Kier alpha value is -0.160. The summed E-state index contributed by atoms with van der Waals surface area (Å²) in [5, 5.41) is 7.09. The van der Waals surface area contributed by atoms with E-state index >= 15 is 0 Å². The van der Waals surface area contributed by atoms with Gasteiger partial charge in [-0.25, -0.2) is 0 Å². The minimum Gasteiger partial charge on any atom is -0.374 e. The fourth-order valence-electron chi connectivity index (χ4n) is 3.56. The molecule has 4 heteroatoms. The van der Waals surface area contributed by atoms with E-state index in [-0.39, 0.29) is 0 Å². The van der Waals surface area contributed by atoms with Crippen molar-refractivity contribution in [3.05, 3.63) is 0 Å². The second-order valence-corrected chi connectivity index (χ2v) is 6.12. The SMILES string of the molecule is C1CNCC(CNCC2CN3CCCC3CO2)C1. The lowest BCUT2D eigenvalue weighted by atomic mass is 10.00. The highest BCUT2D eigenvalue weighted by atomic mass is 16.5. The van der Waals surface area contributed by atoms with Gasteiger partial charge in [-0.3, -0.25) is 4.90 Å². The molecular weight excluding hydrogens is 226 g/mol. The average Bonchev–Trinajstić information content (AvgIpc) is 2.87. The van der Waals surface area contributed by atoms with Crippen molar-refractivity contribution in [2.75, 3.05) is 45.9 Å². The molecule has 0 aromatic rings. The lowest BCUT2D eigenvalue weighted by Gasteiger charge is -2.35. The summed E-state index contributed by atoms with van der Waals surface area (Å²) < 4.78 is 5.96. The molecule has 3 atom stereocenters. The molecule has 0 amide bonds. The molecule has 3 fully saturated rings. The molecule has 3 aliphatic rings. The lowest BCUT2D eigenvalue weighted by Crippen LogP contribution is -2.50. The highest BCUT2D eigenvalue weighted by Crippen LogP contribution is 2.22. The Morgan fingerprint density at radius 3 is 3.11 bits per heavy atom. The van der Waals surface area contributed by atoms with Crippen LogP contribution in [-0.4, -0.2) is 62.9 Å². The quantitative estimate of drug-likeness (QED) is 0.762. The molecule has 0 aromatic heterocycles. The topological polar surface area (TPSA) is 36.5 Å². The Kier molecular flexibility index (Phi) is 4.52. The van der Waals surface area contributed by atoms with Gasteiger partial charge in [-0.15, -0.1) is 0 Å². The number of morpholine rings is 1. The number of rotatable bonds is 4. The van der Waals surface area contributed by atoms with Crippen molar-refractivity contribution in [2.24, 2.45) is 5.92 Å². The van der Waals surface area contributed by atoms with Crippen LogP contribution in [0, 0.1) is 5.92 Å². The molecule has 0 saturated carbocycles. The van der Waals surface area contributed by atoms with Crippen molar-refractivity contribution in [2.45, 2.75) is 37.8 Å². The van der Waals surface area contributed by atoms with Gasteiger partial charge in [-0.1, -0.05) is 0 Å². The van der Waals surface area contributed by atoms with Gasteiger partial charge in [0.15, 0.2) is 0 Å². The monoisotopic (exact) mass is 253 g/mol. The van der Waals surface area contributed by atoms with Gasteiger partial charge in [0.2, 0.25) is 0 Å². The maximum Gasteiger partial charge on any atom is 0.0826 e. The van der Waals surface area contributed by atoms with Crippen LogP contribution in [0.4, 0.5) is 0 Å². The number of piperidine rings is 1. The first-order valence-electron chi connectivity index (χ1n) is 7.69. The van der Waals surface area contributed by atoms with Gasteiger partial charge in [0.1, 0.15) is 0 Å². The van der Waals surface area contributed by atoms with Gasteiger partial charge in [-0.05, 0) is 57.8 Å². The maximum atomic E-state index is 5.96. The number of fused-ring (bicyclic) bond motifs is 1. The van der Waals surface area contributed by atoms with Crippen molar-refractivity contribution in [1.29, 1.82) is 0 Å². The van der Waals surface area contributed by atoms with E-state index < -0.39 is 0 Å². The minimum absolute atomic E-state index is 0.413. The molecule has 2 N–H and O–H groups in total. The van der Waals surface area contributed by atoms with Crippen molar-refractivity contribution in [3.8, 4) is 0 Å². The van der Waals surface area contributed by atoms with Crippen molar-refractivity contribution < 1.29 is 4.74 Å². The third-order valence-electron chi connectivity index (χ3n) is 4.67. The van der Waals surface area contributed by atoms with Gasteiger partial charge in [0.25, 0.3) is 0 Å². The third kappa shape index (κ3) is 3.23. The highest BCUT2D eigenvalue weighted by Gasteiger charge is 2.31. The Labute approximate surface area is 110 Å². The van der Waals surface area contributed by atoms with Gasteiger partial charge < -0.3 is 15.4 Å². The molecule has 3 heterocycles. The number of hydrogen-bond donors (Lipinski definition) is 2. The van der Waals surface area contributed by atoms with Crippen LogP contribution >= 0.6 is 0 Å². The van der Waals surface area contributed by atoms with E-state index in [4.69, 9.17) is 4.74 Å². The Morgan fingerprint density at radius 1 is 1.22 bits per heavy atom.